The largest absolute Gasteiger partial charge is 0.444 e. The van der Waals surface area contributed by atoms with E-state index in [-0.39, 0.29) is 17.9 Å². The Kier molecular flexibility index (Phi) is 7.24. The molecular weight excluding hydrogens is 458 g/mol. The average Bonchev–Trinajstić information content (AvgIpc) is 3.22. The lowest BCUT2D eigenvalue weighted by molar-refractivity contribution is -0.145. The number of likely N-dealkylation sites (tertiary alicyclic amines) is 2. The summed E-state index contributed by atoms with van der Waals surface area (Å²) < 4.78 is 5.51. The van der Waals surface area contributed by atoms with E-state index >= 15 is 0 Å². The van der Waals surface area contributed by atoms with Crippen molar-refractivity contribution in [3.8, 4) is 0 Å². The van der Waals surface area contributed by atoms with Gasteiger partial charge >= 0.3 is 6.09 Å². The fourth-order valence-corrected chi connectivity index (χ4v) is 4.99. The lowest BCUT2D eigenvalue weighted by Crippen LogP contribution is -2.52. The molecule has 196 valence electrons. The van der Waals surface area contributed by atoms with Crippen molar-refractivity contribution in [2.75, 3.05) is 31.5 Å². The predicted molar refractivity (Wildman–Crippen MR) is 137 cm³/mol. The molecule has 36 heavy (non-hydrogen) atoms. The van der Waals surface area contributed by atoms with Crippen molar-refractivity contribution in [2.24, 2.45) is 5.41 Å². The van der Waals surface area contributed by atoms with Crippen LogP contribution < -0.4 is 5.32 Å². The van der Waals surface area contributed by atoms with Crippen molar-refractivity contribution in [1.29, 1.82) is 0 Å². The van der Waals surface area contributed by atoms with Crippen LogP contribution in [0.25, 0.3) is 0 Å². The van der Waals surface area contributed by atoms with Crippen molar-refractivity contribution >= 4 is 23.6 Å². The predicted octanol–water partition coefficient (Wildman–Crippen LogP) is 4.30. The number of piperidine rings is 2. The van der Waals surface area contributed by atoms with E-state index in [1.807, 2.05) is 58.6 Å². The number of rotatable bonds is 4. The molecule has 0 aliphatic carbocycles. The number of hydrogen-bond acceptors (Lipinski definition) is 7. The van der Waals surface area contributed by atoms with Gasteiger partial charge in [-0.3, -0.25) is 9.89 Å². The number of anilines is 2. The van der Waals surface area contributed by atoms with E-state index in [2.05, 4.69) is 20.5 Å². The van der Waals surface area contributed by atoms with E-state index in [1.165, 1.54) is 0 Å². The van der Waals surface area contributed by atoms with Gasteiger partial charge in [-0.2, -0.15) is 5.10 Å². The van der Waals surface area contributed by atoms with Crippen LogP contribution in [0.5, 0.6) is 0 Å². The summed E-state index contributed by atoms with van der Waals surface area (Å²) in [5.41, 5.74) is 0.907. The minimum atomic E-state index is -0.526. The van der Waals surface area contributed by atoms with E-state index in [0.29, 0.717) is 49.9 Å². The number of aromatic nitrogens is 4. The summed E-state index contributed by atoms with van der Waals surface area (Å²) in [6.45, 7) is 13.9. The Hall–Kier alpha value is -3.17. The maximum absolute atomic E-state index is 13.7. The highest BCUT2D eigenvalue weighted by atomic mass is 16.6. The molecule has 2 N–H and O–H groups in total. The topological polar surface area (TPSA) is 116 Å². The van der Waals surface area contributed by atoms with Gasteiger partial charge in [0.15, 0.2) is 5.82 Å². The Morgan fingerprint density at radius 3 is 2.44 bits per heavy atom. The Morgan fingerprint density at radius 1 is 1.08 bits per heavy atom. The maximum atomic E-state index is 13.7. The first-order valence-corrected chi connectivity index (χ1v) is 12.8. The first-order valence-electron chi connectivity index (χ1n) is 12.8. The zero-order valence-electron chi connectivity index (χ0n) is 22.3. The normalized spacial score (nSPS) is 20.2. The number of hydrogen-bond donors (Lipinski definition) is 2. The van der Waals surface area contributed by atoms with E-state index < -0.39 is 11.0 Å². The van der Waals surface area contributed by atoms with Gasteiger partial charge in [-0.1, -0.05) is 6.92 Å². The third kappa shape index (κ3) is 6.14. The van der Waals surface area contributed by atoms with Crippen LogP contribution >= 0.6 is 0 Å². The van der Waals surface area contributed by atoms with Gasteiger partial charge in [-0.05, 0) is 60.3 Å². The van der Waals surface area contributed by atoms with Crippen LogP contribution in [-0.4, -0.2) is 73.7 Å². The smallest absolute Gasteiger partial charge is 0.410 e. The molecule has 0 unspecified atom stereocenters. The molecule has 0 aromatic carbocycles. The van der Waals surface area contributed by atoms with Crippen molar-refractivity contribution in [1.82, 2.24) is 30.0 Å². The van der Waals surface area contributed by atoms with Crippen molar-refractivity contribution in [3.05, 3.63) is 29.3 Å². The highest BCUT2D eigenvalue weighted by Gasteiger charge is 2.42. The molecule has 2 aromatic rings. The van der Waals surface area contributed by atoms with Gasteiger partial charge in [0, 0.05) is 55.3 Å². The van der Waals surface area contributed by atoms with Gasteiger partial charge in [-0.25, -0.2) is 14.8 Å². The first kappa shape index (κ1) is 25.9. The third-order valence-corrected chi connectivity index (χ3v) is 6.98. The number of aromatic amines is 1. The number of carbonyl (C=O) groups excluding carboxylic acids is 2. The Labute approximate surface area is 213 Å². The van der Waals surface area contributed by atoms with E-state index in [9.17, 15) is 9.59 Å². The number of aryl methyl sites for hydroxylation is 2. The monoisotopic (exact) mass is 497 g/mol. The van der Waals surface area contributed by atoms with Crippen LogP contribution in [0.1, 0.15) is 76.5 Å². The minimum absolute atomic E-state index is 0.149. The molecule has 0 saturated carbocycles. The van der Waals surface area contributed by atoms with Crippen LogP contribution in [0.15, 0.2) is 12.1 Å². The molecular formula is C26H39N7O3. The second kappa shape index (κ2) is 10.1. The number of H-pyrrole nitrogens is 1. The number of nitrogens with zero attached hydrogens (tertiary/aromatic N) is 5. The molecule has 2 saturated heterocycles. The maximum Gasteiger partial charge on any atom is 0.410 e. The third-order valence-electron chi connectivity index (χ3n) is 6.98. The molecule has 2 amide bonds. The molecule has 2 aromatic heterocycles. The summed E-state index contributed by atoms with van der Waals surface area (Å²) in [6, 6.07) is 3.89. The molecule has 2 aliphatic rings. The molecule has 2 aliphatic heterocycles. The lowest BCUT2D eigenvalue weighted by atomic mass is 9.78. The Morgan fingerprint density at radius 2 is 1.81 bits per heavy atom. The van der Waals surface area contributed by atoms with Crippen molar-refractivity contribution in [3.63, 3.8) is 0 Å². The van der Waals surface area contributed by atoms with Crippen LogP contribution in [-0.2, 0) is 9.53 Å². The lowest BCUT2D eigenvalue weighted by Gasteiger charge is -2.43. The van der Waals surface area contributed by atoms with Gasteiger partial charge < -0.3 is 19.9 Å². The summed E-state index contributed by atoms with van der Waals surface area (Å²) in [4.78, 5) is 39.1. The number of amides is 2. The Bertz CT molecular complexity index is 1100. The number of carbonyl (C=O) groups is 2. The van der Waals surface area contributed by atoms with Crippen LogP contribution in [0.4, 0.5) is 16.4 Å². The fourth-order valence-electron chi connectivity index (χ4n) is 4.99. The van der Waals surface area contributed by atoms with Gasteiger partial charge in [0.1, 0.15) is 17.2 Å². The van der Waals surface area contributed by atoms with Gasteiger partial charge in [0.05, 0.1) is 5.69 Å². The van der Waals surface area contributed by atoms with Crippen LogP contribution in [0, 0.1) is 19.3 Å². The minimum Gasteiger partial charge on any atom is -0.444 e. The zero-order valence-corrected chi connectivity index (χ0v) is 22.3. The zero-order chi connectivity index (χ0) is 26.1. The summed E-state index contributed by atoms with van der Waals surface area (Å²) >= 11 is 0. The van der Waals surface area contributed by atoms with E-state index in [1.54, 1.807) is 4.90 Å². The van der Waals surface area contributed by atoms with E-state index in [0.717, 1.165) is 30.8 Å². The molecule has 4 rings (SSSR count). The van der Waals surface area contributed by atoms with Gasteiger partial charge in [-0.15, -0.1) is 0 Å². The highest BCUT2D eigenvalue weighted by molar-refractivity contribution is 5.83. The quantitative estimate of drug-likeness (QED) is 0.647. The second-order valence-electron chi connectivity index (χ2n) is 11.4. The molecule has 4 heterocycles. The van der Waals surface area contributed by atoms with Gasteiger partial charge in [0.25, 0.3) is 0 Å². The molecule has 0 bridgehead atoms. The van der Waals surface area contributed by atoms with Crippen molar-refractivity contribution in [2.45, 2.75) is 78.7 Å². The molecule has 10 nitrogen and oxygen atoms in total. The average molecular weight is 498 g/mol. The summed E-state index contributed by atoms with van der Waals surface area (Å²) in [5.74, 6) is 2.42. The molecule has 10 heteroatoms. The molecule has 2 fully saturated rings. The van der Waals surface area contributed by atoms with Gasteiger partial charge in [0.2, 0.25) is 5.91 Å². The Balaban J connectivity index is 1.40. The first-order chi connectivity index (χ1) is 16.9. The molecule has 1 atom stereocenters. The summed E-state index contributed by atoms with van der Waals surface area (Å²) in [7, 11) is 0. The molecule has 0 spiro atoms. The number of nitrogens with one attached hydrogen (secondary N) is 2. The van der Waals surface area contributed by atoms with E-state index in [4.69, 9.17) is 9.72 Å². The standard InChI is InChI=1S/C26H39N7O3/c1-17-14-22(31-30-17)29-21-15-20(27-18(2)28-21)19-8-7-11-33(16-19)23(34)26(6)9-12-32(13-10-26)24(35)36-25(3,4)5/h14-15,19H,7-13,16H2,1-6H3,(H2,27,28,29,30,31)/t19-/m1/s1. The number of ether oxygens (including phenoxy) is 1. The van der Waals surface area contributed by atoms with Crippen LogP contribution in [0.3, 0.4) is 0 Å². The highest BCUT2D eigenvalue weighted by Crippen LogP contribution is 2.36. The summed E-state index contributed by atoms with van der Waals surface area (Å²) in [6.07, 6.45) is 2.88. The molecule has 0 radical (unpaired) electrons. The fraction of sp³-hybridized carbons (Fsp3) is 0.654. The SMILES string of the molecule is Cc1nc(Nc2cc(C)[nH]n2)cc([C@@H]2CCCN(C(=O)C3(C)CCN(C(=O)OC(C)(C)C)CC3)C2)n1. The van der Waals surface area contributed by atoms with Crippen molar-refractivity contribution < 1.29 is 14.3 Å². The second-order valence-corrected chi connectivity index (χ2v) is 11.4. The van der Waals surface area contributed by atoms with Crippen LogP contribution in [0.2, 0.25) is 0 Å². The summed E-state index contributed by atoms with van der Waals surface area (Å²) in [5, 5.41) is 10.4.